The van der Waals surface area contributed by atoms with E-state index in [1.54, 1.807) is 6.20 Å². The first-order valence-corrected chi connectivity index (χ1v) is 10.6. The minimum Gasteiger partial charge on any atom is -0.488 e. The second kappa shape index (κ2) is 8.43. The summed E-state index contributed by atoms with van der Waals surface area (Å²) in [6.07, 6.45) is 5.92. The molecule has 1 N–H and O–H groups in total. The van der Waals surface area contributed by atoms with E-state index in [4.69, 9.17) is 14.1 Å². The van der Waals surface area contributed by atoms with Crippen molar-refractivity contribution < 1.29 is 14.1 Å². The molecule has 1 aliphatic heterocycles. The molecule has 0 atom stereocenters. The summed E-state index contributed by atoms with van der Waals surface area (Å²) in [6.45, 7) is 5.08. The molecule has 158 valence electrons. The topological polar surface area (TPSA) is 98.4 Å². The Balaban J connectivity index is 1.25. The van der Waals surface area contributed by atoms with E-state index in [9.17, 15) is 0 Å². The fourth-order valence-electron chi connectivity index (χ4n) is 4.19. The number of ether oxygens (including phenoxy) is 2. The number of aromatic nitrogens is 4. The summed E-state index contributed by atoms with van der Waals surface area (Å²) >= 11 is 0. The van der Waals surface area contributed by atoms with E-state index in [0.29, 0.717) is 11.6 Å². The Kier molecular flexibility index (Phi) is 5.35. The van der Waals surface area contributed by atoms with E-state index in [-0.39, 0.29) is 6.10 Å². The number of morpholine rings is 1. The van der Waals surface area contributed by atoms with Crippen molar-refractivity contribution in [2.75, 3.05) is 36.5 Å². The van der Waals surface area contributed by atoms with Gasteiger partial charge in [0.1, 0.15) is 17.2 Å². The molecule has 1 saturated carbocycles. The van der Waals surface area contributed by atoms with E-state index in [1.807, 2.05) is 19.1 Å². The maximum Gasteiger partial charge on any atom is 0.177 e. The highest BCUT2D eigenvalue weighted by molar-refractivity contribution is 5.84. The molecule has 2 fully saturated rings. The first-order chi connectivity index (χ1) is 14.7. The van der Waals surface area contributed by atoms with Crippen LogP contribution in [0, 0.1) is 6.92 Å². The molecule has 1 aromatic carbocycles. The normalized spacial score (nSPS) is 22.2. The van der Waals surface area contributed by atoms with Crippen LogP contribution in [0.15, 0.2) is 29.0 Å². The minimum absolute atomic E-state index is 0.148. The highest BCUT2D eigenvalue weighted by Gasteiger charge is 2.25. The molecule has 2 aromatic heterocycles. The van der Waals surface area contributed by atoms with Crippen LogP contribution < -0.4 is 15.0 Å². The van der Waals surface area contributed by atoms with Gasteiger partial charge in [-0.1, -0.05) is 0 Å². The van der Waals surface area contributed by atoms with Crippen LogP contribution in [0.4, 0.5) is 11.5 Å². The van der Waals surface area contributed by atoms with Crippen molar-refractivity contribution in [2.45, 2.75) is 44.8 Å². The molecule has 0 spiro atoms. The van der Waals surface area contributed by atoms with Crippen molar-refractivity contribution in [2.24, 2.45) is 0 Å². The minimum atomic E-state index is 0.148. The molecule has 0 amide bonds. The first kappa shape index (κ1) is 19.0. The Morgan fingerprint density at radius 1 is 1.10 bits per heavy atom. The molecule has 9 nitrogen and oxygen atoms in total. The molecule has 1 saturated heterocycles. The molecule has 2 aliphatic rings. The predicted octanol–water partition coefficient (Wildman–Crippen LogP) is 2.96. The molecule has 0 bridgehead atoms. The summed E-state index contributed by atoms with van der Waals surface area (Å²) < 4.78 is 16.9. The van der Waals surface area contributed by atoms with Gasteiger partial charge in [-0.15, -0.1) is 0 Å². The van der Waals surface area contributed by atoms with Crippen LogP contribution in [0.5, 0.6) is 5.75 Å². The van der Waals surface area contributed by atoms with Gasteiger partial charge in [-0.05, 0) is 55.1 Å². The van der Waals surface area contributed by atoms with Crippen molar-refractivity contribution in [3.63, 3.8) is 0 Å². The maximum absolute atomic E-state index is 6.40. The van der Waals surface area contributed by atoms with Crippen LogP contribution in [0.25, 0.3) is 11.0 Å². The zero-order chi connectivity index (χ0) is 20.3. The summed E-state index contributed by atoms with van der Waals surface area (Å²) in [5.74, 6) is 2.42. The van der Waals surface area contributed by atoms with Crippen molar-refractivity contribution in [1.82, 2.24) is 20.3 Å². The molecule has 1 aliphatic carbocycles. The Morgan fingerprint density at radius 2 is 1.93 bits per heavy atom. The lowest BCUT2D eigenvalue weighted by Gasteiger charge is -2.31. The summed E-state index contributed by atoms with van der Waals surface area (Å²) in [6, 6.07) is 6.38. The Bertz CT molecular complexity index is 995. The Morgan fingerprint density at radius 3 is 2.73 bits per heavy atom. The number of rotatable bonds is 5. The third-order valence-corrected chi connectivity index (χ3v) is 5.78. The van der Waals surface area contributed by atoms with Gasteiger partial charge in [-0.25, -0.2) is 14.6 Å². The van der Waals surface area contributed by atoms with Crippen LogP contribution in [0.1, 0.15) is 31.5 Å². The lowest BCUT2D eigenvalue weighted by molar-refractivity contribution is 0.122. The van der Waals surface area contributed by atoms with Gasteiger partial charge in [0.15, 0.2) is 11.3 Å². The number of hydrogen-bond acceptors (Lipinski definition) is 9. The molecule has 0 radical (unpaired) electrons. The standard InChI is InChI=1S/C21H26N6O3/c1-14-22-7-6-20(23-14)24-15-2-4-17(5-3-15)29-19-13-16(27-8-10-28-11-9-27)12-18-21(19)26-30-25-18/h6-7,12-13,15,17H,2-5,8-11H2,1H3,(H,22,23,24)/t15-,17+. The average molecular weight is 410 g/mol. The van der Waals surface area contributed by atoms with Crippen LogP contribution >= 0.6 is 0 Å². The number of benzene rings is 1. The number of hydrogen-bond donors (Lipinski definition) is 1. The molecule has 0 unspecified atom stereocenters. The number of aryl methyl sites for hydroxylation is 1. The smallest absolute Gasteiger partial charge is 0.177 e. The van der Waals surface area contributed by atoms with Crippen molar-refractivity contribution >= 4 is 22.5 Å². The number of fused-ring (bicyclic) bond motifs is 1. The van der Waals surface area contributed by atoms with Gasteiger partial charge in [0.2, 0.25) is 0 Å². The van der Waals surface area contributed by atoms with E-state index < -0.39 is 0 Å². The number of nitrogens with zero attached hydrogens (tertiary/aromatic N) is 5. The number of nitrogens with one attached hydrogen (secondary N) is 1. The van der Waals surface area contributed by atoms with Crippen LogP contribution in [-0.4, -0.2) is 58.7 Å². The van der Waals surface area contributed by atoms with E-state index >= 15 is 0 Å². The van der Waals surface area contributed by atoms with Crippen LogP contribution in [0.3, 0.4) is 0 Å². The zero-order valence-electron chi connectivity index (χ0n) is 17.1. The van der Waals surface area contributed by atoms with Crippen molar-refractivity contribution in [3.8, 4) is 5.75 Å². The third kappa shape index (κ3) is 4.16. The Labute approximate surface area is 174 Å². The highest BCUT2D eigenvalue weighted by atomic mass is 16.6. The summed E-state index contributed by atoms with van der Waals surface area (Å²) in [5.41, 5.74) is 2.48. The molecular formula is C21H26N6O3. The van der Waals surface area contributed by atoms with E-state index in [2.05, 4.69) is 36.6 Å². The van der Waals surface area contributed by atoms with Gasteiger partial charge in [0, 0.05) is 37.1 Å². The summed E-state index contributed by atoms with van der Waals surface area (Å²) in [5, 5.41) is 11.6. The average Bonchev–Trinajstić information content (AvgIpc) is 3.25. The maximum atomic E-state index is 6.40. The SMILES string of the molecule is Cc1nccc(N[C@H]2CC[C@@H](Oc3cc(N4CCOCC4)cc4nonc34)CC2)n1. The zero-order valence-corrected chi connectivity index (χ0v) is 17.1. The van der Waals surface area contributed by atoms with Crippen molar-refractivity contribution in [3.05, 3.63) is 30.2 Å². The predicted molar refractivity (Wildman–Crippen MR) is 112 cm³/mol. The van der Waals surface area contributed by atoms with Gasteiger partial charge in [0.05, 0.1) is 19.3 Å². The first-order valence-electron chi connectivity index (χ1n) is 10.6. The monoisotopic (exact) mass is 410 g/mol. The molecule has 9 heteroatoms. The van der Waals surface area contributed by atoms with Gasteiger partial charge >= 0.3 is 0 Å². The molecule has 5 rings (SSSR count). The van der Waals surface area contributed by atoms with Gasteiger partial charge < -0.3 is 19.7 Å². The molecule has 3 aromatic rings. The lowest BCUT2D eigenvalue weighted by Crippen LogP contribution is -2.36. The fraction of sp³-hybridized carbons (Fsp3) is 0.524. The van der Waals surface area contributed by atoms with Crippen LogP contribution in [0.2, 0.25) is 0 Å². The second-order valence-corrected chi connectivity index (χ2v) is 7.90. The second-order valence-electron chi connectivity index (χ2n) is 7.90. The van der Waals surface area contributed by atoms with Gasteiger partial charge in [-0.3, -0.25) is 0 Å². The van der Waals surface area contributed by atoms with Gasteiger partial charge in [-0.2, -0.15) is 0 Å². The van der Waals surface area contributed by atoms with Crippen molar-refractivity contribution in [1.29, 1.82) is 0 Å². The highest BCUT2D eigenvalue weighted by Crippen LogP contribution is 2.33. The van der Waals surface area contributed by atoms with E-state index in [1.165, 1.54) is 0 Å². The molecule has 30 heavy (non-hydrogen) atoms. The molecule has 3 heterocycles. The lowest BCUT2D eigenvalue weighted by atomic mass is 9.93. The quantitative estimate of drug-likeness (QED) is 0.680. The molecular weight excluding hydrogens is 384 g/mol. The number of anilines is 2. The van der Waals surface area contributed by atoms with Crippen LogP contribution in [-0.2, 0) is 4.74 Å². The largest absolute Gasteiger partial charge is 0.488 e. The summed E-state index contributed by atoms with van der Waals surface area (Å²) in [7, 11) is 0. The Hall–Kier alpha value is -2.94. The van der Waals surface area contributed by atoms with E-state index in [0.717, 1.165) is 80.6 Å². The summed E-state index contributed by atoms with van der Waals surface area (Å²) in [4.78, 5) is 10.9. The fourth-order valence-corrected chi connectivity index (χ4v) is 4.19. The third-order valence-electron chi connectivity index (χ3n) is 5.78. The van der Waals surface area contributed by atoms with Gasteiger partial charge in [0.25, 0.3) is 0 Å².